The summed E-state index contributed by atoms with van der Waals surface area (Å²) in [5, 5.41) is 12.9. The fourth-order valence-corrected chi connectivity index (χ4v) is 5.93. The van der Waals surface area contributed by atoms with Crippen molar-refractivity contribution in [1.82, 2.24) is 19.7 Å². The number of benzene rings is 2. The number of halogens is 1. The second-order valence-electron chi connectivity index (χ2n) is 9.11. The van der Waals surface area contributed by atoms with Gasteiger partial charge in [0.05, 0.1) is 12.2 Å². The number of hydrogen-bond acceptors (Lipinski definition) is 5. The maximum atomic E-state index is 13.0. The molecule has 2 aliphatic heterocycles. The molecule has 1 fully saturated rings. The van der Waals surface area contributed by atoms with E-state index in [1.165, 1.54) is 19.3 Å². The van der Waals surface area contributed by atoms with Crippen molar-refractivity contribution in [2.75, 3.05) is 25.0 Å². The van der Waals surface area contributed by atoms with Gasteiger partial charge in [0.15, 0.2) is 0 Å². The third-order valence-electron chi connectivity index (χ3n) is 6.58. The summed E-state index contributed by atoms with van der Waals surface area (Å²) in [6.07, 6.45) is 6.87. The molecule has 0 bridgehead atoms. The van der Waals surface area contributed by atoms with Gasteiger partial charge in [-0.2, -0.15) is 0 Å². The predicted octanol–water partition coefficient (Wildman–Crippen LogP) is 5.63. The van der Waals surface area contributed by atoms with Gasteiger partial charge in [0.2, 0.25) is 5.91 Å². The zero-order valence-electron chi connectivity index (χ0n) is 19.3. The minimum atomic E-state index is 0.0184. The van der Waals surface area contributed by atoms with E-state index in [0.717, 1.165) is 66.0 Å². The van der Waals surface area contributed by atoms with Gasteiger partial charge in [0.1, 0.15) is 11.6 Å². The molecule has 0 radical (unpaired) electrons. The molecule has 0 spiro atoms. The van der Waals surface area contributed by atoms with Crippen molar-refractivity contribution < 1.29 is 4.79 Å². The highest BCUT2D eigenvalue weighted by Crippen LogP contribution is 2.34. The smallest absolute Gasteiger partial charge is 0.238 e. The van der Waals surface area contributed by atoms with Crippen molar-refractivity contribution >= 4 is 35.0 Å². The Hall–Kier alpha value is -2.35. The van der Waals surface area contributed by atoms with Crippen LogP contribution in [0.15, 0.2) is 58.3 Å². The van der Waals surface area contributed by atoms with Crippen LogP contribution < -0.4 is 5.32 Å². The number of carbonyl (C=O) groups excluding carboxylic acids is 1. The Morgan fingerprint density at radius 1 is 1.03 bits per heavy atom. The van der Waals surface area contributed by atoms with E-state index in [2.05, 4.69) is 25.0 Å². The normalized spacial score (nSPS) is 18.8. The first kappa shape index (κ1) is 23.4. The van der Waals surface area contributed by atoms with Crippen LogP contribution in [0.4, 0.5) is 5.69 Å². The summed E-state index contributed by atoms with van der Waals surface area (Å²) in [5.41, 5.74) is 0.837. The molecule has 2 aliphatic rings. The van der Waals surface area contributed by atoms with Gasteiger partial charge in [0.25, 0.3) is 0 Å². The molecule has 1 amide bonds. The van der Waals surface area contributed by atoms with Crippen LogP contribution >= 0.6 is 23.4 Å². The number of anilines is 1. The number of para-hydroxylation sites is 1. The first-order valence-electron chi connectivity index (χ1n) is 12.1. The van der Waals surface area contributed by atoms with Gasteiger partial charge >= 0.3 is 0 Å². The average molecular weight is 496 g/mol. The number of carbonyl (C=O) groups is 1. The molecule has 0 aliphatic carbocycles. The average Bonchev–Trinajstić information content (AvgIpc) is 3.10. The maximum absolute atomic E-state index is 13.0. The second-order valence-corrected chi connectivity index (χ2v) is 10.7. The lowest BCUT2D eigenvalue weighted by atomic mass is 9.97. The minimum absolute atomic E-state index is 0.0184. The Kier molecular flexibility index (Phi) is 7.52. The van der Waals surface area contributed by atoms with E-state index in [-0.39, 0.29) is 5.91 Å². The number of piperidine rings is 1. The van der Waals surface area contributed by atoms with Gasteiger partial charge in [-0.05, 0) is 68.6 Å². The number of nitrogens with zero attached hydrogens (tertiary/aromatic N) is 4. The summed E-state index contributed by atoms with van der Waals surface area (Å²) in [7, 11) is 0. The minimum Gasteiger partial charge on any atom is -0.324 e. The maximum Gasteiger partial charge on any atom is 0.238 e. The van der Waals surface area contributed by atoms with Crippen LogP contribution in [-0.4, -0.2) is 45.2 Å². The fourth-order valence-electron chi connectivity index (χ4n) is 4.90. The zero-order chi connectivity index (χ0) is 23.3. The molecule has 3 aromatic rings. The largest absolute Gasteiger partial charge is 0.324 e. The molecule has 1 aromatic heterocycles. The summed E-state index contributed by atoms with van der Waals surface area (Å²) in [4.78, 5) is 17.3. The number of likely N-dealkylation sites (tertiary alicyclic amines) is 1. The van der Waals surface area contributed by atoms with Crippen LogP contribution in [0.1, 0.15) is 49.7 Å². The standard InChI is InChI=1S/C26H30ClN5OS/c27-20-11-13-21(14-12-20)34-23-9-4-3-8-22(23)28-25(33)18-31-15-6-7-19(17-31)26-30-29-24-10-2-1-5-16-32(24)26/h3-4,8-9,11-14,19H,1-2,5-7,10,15-18H2,(H,28,33)/t19-/m0/s1. The first-order chi connectivity index (χ1) is 16.7. The number of amides is 1. The quantitative estimate of drug-likeness (QED) is 0.480. The summed E-state index contributed by atoms with van der Waals surface area (Å²) in [6.45, 7) is 3.20. The fraction of sp³-hybridized carbons (Fsp3) is 0.423. The summed E-state index contributed by atoms with van der Waals surface area (Å²) in [6, 6.07) is 15.7. The molecule has 178 valence electrons. The topological polar surface area (TPSA) is 63.1 Å². The Morgan fingerprint density at radius 2 is 1.88 bits per heavy atom. The lowest BCUT2D eigenvalue weighted by Gasteiger charge is -2.32. The molecule has 3 heterocycles. The third kappa shape index (κ3) is 5.65. The van der Waals surface area contributed by atoms with E-state index in [1.54, 1.807) is 11.8 Å². The van der Waals surface area contributed by atoms with Crippen LogP contribution in [0.2, 0.25) is 5.02 Å². The highest BCUT2D eigenvalue weighted by molar-refractivity contribution is 7.99. The molecule has 2 aromatic carbocycles. The van der Waals surface area contributed by atoms with Crippen molar-refractivity contribution in [3.63, 3.8) is 0 Å². The molecule has 5 rings (SSSR count). The Balaban J connectivity index is 1.22. The van der Waals surface area contributed by atoms with E-state index in [9.17, 15) is 4.79 Å². The van der Waals surface area contributed by atoms with Crippen molar-refractivity contribution in [3.8, 4) is 0 Å². The monoisotopic (exact) mass is 495 g/mol. The SMILES string of the molecule is O=C(CN1CCC[C@H](c2nnc3n2CCCCC3)C1)Nc1ccccc1Sc1ccc(Cl)cc1. The van der Waals surface area contributed by atoms with Crippen LogP contribution in [0, 0.1) is 0 Å². The number of fused-ring (bicyclic) bond motifs is 1. The van der Waals surface area contributed by atoms with Gasteiger partial charge in [-0.25, -0.2) is 0 Å². The Morgan fingerprint density at radius 3 is 2.76 bits per heavy atom. The van der Waals surface area contributed by atoms with E-state index in [1.807, 2.05) is 48.5 Å². The summed E-state index contributed by atoms with van der Waals surface area (Å²) >= 11 is 7.63. The number of hydrogen-bond donors (Lipinski definition) is 1. The second kappa shape index (κ2) is 10.9. The molecule has 6 nitrogen and oxygen atoms in total. The van der Waals surface area contributed by atoms with Crippen LogP contribution in [0.5, 0.6) is 0 Å². The van der Waals surface area contributed by atoms with Crippen LogP contribution in [0.3, 0.4) is 0 Å². The lowest BCUT2D eigenvalue weighted by Crippen LogP contribution is -2.40. The van der Waals surface area contributed by atoms with E-state index in [4.69, 9.17) is 11.6 Å². The molecular weight excluding hydrogens is 466 g/mol. The summed E-state index contributed by atoms with van der Waals surface area (Å²) < 4.78 is 2.35. The van der Waals surface area contributed by atoms with Crippen molar-refractivity contribution in [3.05, 3.63) is 65.2 Å². The number of aromatic nitrogens is 3. The molecule has 1 N–H and O–H groups in total. The van der Waals surface area contributed by atoms with E-state index < -0.39 is 0 Å². The molecule has 34 heavy (non-hydrogen) atoms. The first-order valence-corrected chi connectivity index (χ1v) is 13.3. The molecule has 0 unspecified atom stereocenters. The highest BCUT2D eigenvalue weighted by atomic mass is 35.5. The van der Waals surface area contributed by atoms with Gasteiger partial charge in [0, 0.05) is 40.2 Å². The van der Waals surface area contributed by atoms with Crippen molar-refractivity contribution in [2.45, 2.75) is 60.8 Å². The molecule has 0 saturated carbocycles. The van der Waals surface area contributed by atoms with E-state index in [0.29, 0.717) is 17.5 Å². The Bertz CT molecular complexity index is 1130. The third-order valence-corrected chi connectivity index (χ3v) is 7.91. The van der Waals surface area contributed by atoms with Crippen LogP contribution in [0.25, 0.3) is 0 Å². The van der Waals surface area contributed by atoms with E-state index >= 15 is 0 Å². The predicted molar refractivity (Wildman–Crippen MR) is 137 cm³/mol. The lowest BCUT2D eigenvalue weighted by molar-refractivity contribution is -0.117. The van der Waals surface area contributed by atoms with Crippen molar-refractivity contribution in [1.29, 1.82) is 0 Å². The molecule has 1 saturated heterocycles. The van der Waals surface area contributed by atoms with Crippen LogP contribution in [-0.2, 0) is 17.8 Å². The zero-order valence-corrected chi connectivity index (χ0v) is 20.8. The van der Waals surface area contributed by atoms with Gasteiger partial charge < -0.3 is 9.88 Å². The van der Waals surface area contributed by atoms with Gasteiger partial charge in [-0.1, -0.05) is 41.9 Å². The number of aryl methyl sites for hydroxylation is 1. The summed E-state index contributed by atoms with van der Waals surface area (Å²) in [5.74, 6) is 2.61. The number of nitrogens with one attached hydrogen (secondary N) is 1. The number of rotatable bonds is 6. The highest BCUT2D eigenvalue weighted by Gasteiger charge is 2.28. The Labute approximate surface area is 210 Å². The molecule has 8 heteroatoms. The van der Waals surface area contributed by atoms with Gasteiger partial charge in [-0.3, -0.25) is 9.69 Å². The molecule has 1 atom stereocenters. The van der Waals surface area contributed by atoms with Gasteiger partial charge in [-0.15, -0.1) is 10.2 Å². The molecular formula is C26H30ClN5OS. The van der Waals surface area contributed by atoms with Crippen molar-refractivity contribution in [2.24, 2.45) is 0 Å².